The van der Waals surface area contributed by atoms with E-state index in [1.54, 1.807) is 10.8 Å². The number of carbonyl (C=O) groups is 1. The van der Waals surface area contributed by atoms with Crippen LogP contribution < -0.4 is 0 Å². The first-order valence-corrected chi connectivity index (χ1v) is 5.40. The monoisotopic (exact) mass is 233 g/mol. The molecule has 0 spiro atoms. The Kier molecular flexibility index (Phi) is 3.27. The predicted molar refractivity (Wildman–Crippen MR) is 60.1 cm³/mol. The zero-order valence-electron chi connectivity index (χ0n) is 9.43. The molecular formula is C12H12FN3O. The second-order valence-electron chi connectivity index (χ2n) is 3.61. The highest BCUT2D eigenvalue weighted by Gasteiger charge is 2.19. The molecule has 2 rings (SSSR count). The minimum atomic E-state index is -0.622. The van der Waals surface area contributed by atoms with Crippen molar-refractivity contribution in [2.45, 2.75) is 19.9 Å². The second-order valence-corrected chi connectivity index (χ2v) is 3.61. The molecule has 0 N–H and O–H groups in total. The third-order valence-electron chi connectivity index (χ3n) is 2.36. The van der Waals surface area contributed by atoms with Gasteiger partial charge in [0.25, 0.3) is 0 Å². The van der Waals surface area contributed by atoms with Crippen LogP contribution >= 0.6 is 0 Å². The number of hydrogen-bond donors (Lipinski definition) is 0. The topological polar surface area (TPSA) is 47.8 Å². The van der Waals surface area contributed by atoms with Gasteiger partial charge in [0.2, 0.25) is 5.78 Å². The van der Waals surface area contributed by atoms with E-state index in [4.69, 9.17) is 0 Å². The lowest BCUT2D eigenvalue weighted by Gasteiger charge is -2.05. The summed E-state index contributed by atoms with van der Waals surface area (Å²) in [5, 5.41) is 0. The molecule has 4 nitrogen and oxygen atoms in total. The van der Waals surface area contributed by atoms with Gasteiger partial charge >= 0.3 is 0 Å². The van der Waals surface area contributed by atoms with E-state index in [-0.39, 0.29) is 11.5 Å². The highest BCUT2D eigenvalue weighted by Crippen LogP contribution is 2.10. The van der Waals surface area contributed by atoms with Gasteiger partial charge in [-0.25, -0.2) is 14.4 Å². The average molecular weight is 233 g/mol. The lowest BCUT2D eigenvalue weighted by atomic mass is 10.2. The third kappa shape index (κ3) is 2.22. The van der Waals surface area contributed by atoms with Gasteiger partial charge in [-0.2, -0.15) is 0 Å². The summed E-state index contributed by atoms with van der Waals surface area (Å²) in [5.41, 5.74) is -0.184. The van der Waals surface area contributed by atoms with E-state index in [1.165, 1.54) is 24.5 Å². The number of imidazole rings is 1. The predicted octanol–water partition coefficient (Wildman–Crippen LogP) is 2.06. The molecular weight excluding hydrogens is 221 g/mol. The van der Waals surface area contributed by atoms with Crippen molar-refractivity contribution in [2.75, 3.05) is 0 Å². The van der Waals surface area contributed by atoms with Gasteiger partial charge in [0.1, 0.15) is 5.69 Å². The van der Waals surface area contributed by atoms with Gasteiger partial charge < -0.3 is 4.57 Å². The van der Waals surface area contributed by atoms with Crippen molar-refractivity contribution >= 4 is 5.78 Å². The maximum atomic E-state index is 13.4. The summed E-state index contributed by atoms with van der Waals surface area (Å²) in [6.07, 6.45) is 5.51. The number of nitrogens with zero attached hydrogens (tertiary/aromatic N) is 3. The number of hydrogen-bond acceptors (Lipinski definition) is 3. The Hall–Kier alpha value is -2.04. The molecule has 2 heterocycles. The summed E-state index contributed by atoms with van der Waals surface area (Å²) >= 11 is 0. The zero-order chi connectivity index (χ0) is 12.3. The molecule has 0 atom stereocenters. The van der Waals surface area contributed by atoms with E-state index in [2.05, 4.69) is 9.97 Å². The molecule has 0 aliphatic rings. The number of ketones is 1. The highest BCUT2D eigenvalue weighted by molar-refractivity contribution is 6.05. The minimum Gasteiger partial charge on any atom is -0.328 e. The Labute approximate surface area is 98.1 Å². The van der Waals surface area contributed by atoms with Crippen LogP contribution in [0.5, 0.6) is 0 Å². The third-order valence-corrected chi connectivity index (χ3v) is 2.36. The molecule has 0 bridgehead atoms. The Bertz CT molecular complexity index is 536. The zero-order valence-corrected chi connectivity index (χ0v) is 9.43. The van der Waals surface area contributed by atoms with Gasteiger partial charge in [-0.1, -0.05) is 6.92 Å². The molecule has 2 aromatic rings. The van der Waals surface area contributed by atoms with E-state index in [0.29, 0.717) is 6.54 Å². The number of aryl methyl sites for hydroxylation is 1. The fourth-order valence-electron chi connectivity index (χ4n) is 1.60. The van der Waals surface area contributed by atoms with Crippen LogP contribution in [0.2, 0.25) is 0 Å². The van der Waals surface area contributed by atoms with Crippen LogP contribution in [-0.2, 0) is 6.54 Å². The first kappa shape index (κ1) is 11.4. The van der Waals surface area contributed by atoms with Gasteiger partial charge in [-0.05, 0) is 18.6 Å². The molecule has 0 saturated carbocycles. The Morgan fingerprint density at radius 1 is 1.41 bits per heavy atom. The van der Waals surface area contributed by atoms with E-state index in [0.717, 1.165) is 6.42 Å². The molecule has 0 unspecified atom stereocenters. The molecule has 0 aromatic carbocycles. The summed E-state index contributed by atoms with van der Waals surface area (Å²) in [6, 6.07) is 2.66. The number of aromatic nitrogens is 3. The van der Waals surface area contributed by atoms with Crippen molar-refractivity contribution in [3.8, 4) is 0 Å². The Balaban J connectivity index is 2.37. The van der Waals surface area contributed by atoms with Crippen LogP contribution in [-0.4, -0.2) is 20.3 Å². The summed E-state index contributed by atoms with van der Waals surface area (Å²) in [4.78, 5) is 19.8. The van der Waals surface area contributed by atoms with Crippen molar-refractivity contribution in [2.24, 2.45) is 0 Å². The SMILES string of the molecule is CCCn1ccnc1C(=O)c1ncccc1F. The van der Waals surface area contributed by atoms with Crippen LogP contribution in [0, 0.1) is 5.82 Å². The van der Waals surface area contributed by atoms with Crippen molar-refractivity contribution in [1.29, 1.82) is 0 Å². The largest absolute Gasteiger partial charge is 0.328 e. The number of halogens is 1. The Morgan fingerprint density at radius 3 is 2.94 bits per heavy atom. The maximum absolute atomic E-state index is 13.4. The van der Waals surface area contributed by atoms with Crippen LogP contribution in [0.4, 0.5) is 4.39 Å². The number of pyridine rings is 1. The van der Waals surface area contributed by atoms with Gasteiger partial charge in [-0.3, -0.25) is 4.79 Å². The summed E-state index contributed by atoms with van der Waals surface area (Å²) in [5.74, 6) is -0.880. The van der Waals surface area contributed by atoms with Gasteiger partial charge in [0.05, 0.1) is 0 Å². The molecule has 0 amide bonds. The lowest BCUT2D eigenvalue weighted by Crippen LogP contribution is -2.14. The van der Waals surface area contributed by atoms with Gasteiger partial charge in [0.15, 0.2) is 11.6 Å². The molecule has 5 heteroatoms. The molecule has 0 saturated heterocycles. The Morgan fingerprint density at radius 2 is 2.24 bits per heavy atom. The normalized spacial score (nSPS) is 10.5. The average Bonchev–Trinajstić information content (AvgIpc) is 2.78. The van der Waals surface area contributed by atoms with Crippen LogP contribution in [0.15, 0.2) is 30.7 Å². The molecule has 88 valence electrons. The van der Waals surface area contributed by atoms with Crippen LogP contribution in [0.1, 0.15) is 29.7 Å². The highest BCUT2D eigenvalue weighted by atomic mass is 19.1. The molecule has 0 radical (unpaired) electrons. The molecule has 0 fully saturated rings. The smallest absolute Gasteiger partial charge is 0.249 e. The first-order valence-electron chi connectivity index (χ1n) is 5.40. The molecule has 17 heavy (non-hydrogen) atoms. The van der Waals surface area contributed by atoms with Crippen LogP contribution in [0.25, 0.3) is 0 Å². The van der Waals surface area contributed by atoms with E-state index < -0.39 is 11.6 Å². The van der Waals surface area contributed by atoms with Crippen molar-refractivity contribution in [3.05, 3.63) is 48.1 Å². The molecule has 2 aromatic heterocycles. The van der Waals surface area contributed by atoms with E-state index in [1.807, 2.05) is 6.92 Å². The quantitative estimate of drug-likeness (QED) is 0.759. The van der Waals surface area contributed by atoms with Crippen molar-refractivity contribution < 1.29 is 9.18 Å². The fourth-order valence-corrected chi connectivity index (χ4v) is 1.60. The standard InChI is InChI=1S/C12H12FN3O/c1-2-7-16-8-6-15-12(16)11(17)10-9(13)4-3-5-14-10/h3-6,8H,2,7H2,1H3. The molecule has 0 aliphatic carbocycles. The summed E-state index contributed by atoms with van der Waals surface area (Å²) in [6.45, 7) is 2.67. The summed E-state index contributed by atoms with van der Waals surface area (Å²) in [7, 11) is 0. The van der Waals surface area contributed by atoms with Crippen LogP contribution in [0.3, 0.4) is 0 Å². The van der Waals surface area contributed by atoms with Gasteiger partial charge in [0, 0.05) is 25.1 Å². The lowest BCUT2D eigenvalue weighted by molar-refractivity contribution is 0.101. The fraction of sp³-hybridized carbons (Fsp3) is 0.250. The first-order chi connectivity index (χ1) is 8.24. The van der Waals surface area contributed by atoms with Crippen molar-refractivity contribution in [3.63, 3.8) is 0 Å². The van der Waals surface area contributed by atoms with E-state index in [9.17, 15) is 9.18 Å². The summed E-state index contributed by atoms with van der Waals surface area (Å²) < 4.78 is 15.1. The molecule has 0 aliphatic heterocycles. The van der Waals surface area contributed by atoms with Gasteiger partial charge in [-0.15, -0.1) is 0 Å². The van der Waals surface area contributed by atoms with Crippen molar-refractivity contribution in [1.82, 2.24) is 14.5 Å². The second kappa shape index (κ2) is 4.86. The van der Waals surface area contributed by atoms with E-state index >= 15 is 0 Å². The number of carbonyl (C=O) groups excluding carboxylic acids is 1. The maximum Gasteiger partial charge on any atom is 0.249 e. The minimum absolute atomic E-state index is 0.184. The number of rotatable bonds is 4.